The third-order valence-electron chi connectivity index (χ3n) is 4.33. The summed E-state index contributed by atoms with van der Waals surface area (Å²) in [7, 11) is 0. The molecule has 0 spiro atoms. The zero-order chi connectivity index (χ0) is 14.5. The van der Waals surface area contributed by atoms with Gasteiger partial charge in [-0.2, -0.15) is 16.4 Å². The standard InChI is InChI=1S/C20H18B.Li/c1-2-21(18-12-6-3-7-13-18,19-14-8-4-9-15-19)20-16-10-5-11-17-20;/h2-17H,1H2;/q-1;+1. The van der Waals surface area contributed by atoms with Crippen molar-refractivity contribution in [1.82, 2.24) is 0 Å². The Kier molecular flexibility index (Phi) is 5.50. The SMILES string of the molecule is C=C[B-](c1ccccc1)(c1ccccc1)c1ccccc1.[Li+]. The Balaban J connectivity index is 0.00000176. The van der Waals surface area contributed by atoms with Gasteiger partial charge in [0.15, 0.2) is 0 Å². The fraction of sp³-hybridized carbons (Fsp3) is 0. The predicted octanol–water partition coefficient (Wildman–Crippen LogP) is -0.114. The molecule has 0 radical (unpaired) electrons. The molecule has 0 heterocycles. The molecule has 0 saturated carbocycles. The molecule has 3 rings (SSSR count). The average molecular weight is 276 g/mol. The zero-order valence-corrected chi connectivity index (χ0v) is 13.0. The Morgan fingerprint density at radius 1 is 0.545 bits per heavy atom. The van der Waals surface area contributed by atoms with Crippen LogP contribution in [-0.2, 0) is 0 Å². The van der Waals surface area contributed by atoms with E-state index < -0.39 is 6.15 Å². The van der Waals surface area contributed by atoms with E-state index in [0.717, 1.165) is 0 Å². The van der Waals surface area contributed by atoms with E-state index in [1.54, 1.807) is 0 Å². The smallest absolute Gasteiger partial charge is 0.239 e. The number of rotatable bonds is 4. The summed E-state index contributed by atoms with van der Waals surface area (Å²) in [4.78, 5) is 0. The molecule has 0 atom stereocenters. The minimum absolute atomic E-state index is 0. The van der Waals surface area contributed by atoms with Gasteiger partial charge in [0, 0.05) is 0 Å². The average Bonchev–Trinajstić information content (AvgIpc) is 2.59. The number of hydrogen-bond donors (Lipinski definition) is 0. The quantitative estimate of drug-likeness (QED) is 0.583. The first-order valence-electron chi connectivity index (χ1n) is 7.34. The summed E-state index contributed by atoms with van der Waals surface area (Å²) in [5.41, 5.74) is 3.89. The van der Waals surface area contributed by atoms with Crippen molar-refractivity contribution < 1.29 is 18.9 Å². The molecule has 0 aliphatic carbocycles. The molecule has 0 fully saturated rings. The van der Waals surface area contributed by atoms with E-state index in [2.05, 4.69) is 104 Å². The van der Waals surface area contributed by atoms with Gasteiger partial charge >= 0.3 is 18.9 Å². The van der Waals surface area contributed by atoms with Crippen LogP contribution in [-0.4, -0.2) is 6.15 Å². The maximum Gasteiger partial charge on any atom is 1.00 e. The maximum absolute atomic E-state index is 4.19. The third-order valence-corrected chi connectivity index (χ3v) is 4.33. The van der Waals surface area contributed by atoms with Crippen LogP contribution in [0.3, 0.4) is 0 Å². The van der Waals surface area contributed by atoms with Crippen molar-refractivity contribution in [3.63, 3.8) is 0 Å². The van der Waals surface area contributed by atoms with Gasteiger partial charge in [0.2, 0.25) is 0 Å². The molecule has 0 aliphatic heterocycles. The summed E-state index contributed by atoms with van der Waals surface area (Å²) < 4.78 is 0. The Bertz CT molecular complexity index is 612. The summed E-state index contributed by atoms with van der Waals surface area (Å²) in [5, 5.41) is 0. The molecule has 0 aromatic heterocycles. The number of hydrogen-bond acceptors (Lipinski definition) is 0. The van der Waals surface area contributed by atoms with Crippen LogP contribution in [0.1, 0.15) is 0 Å². The topological polar surface area (TPSA) is 0 Å². The fourth-order valence-corrected chi connectivity index (χ4v) is 3.26. The predicted molar refractivity (Wildman–Crippen MR) is 94.2 cm³/mol. The van der Waals surface area contributed by atoms with Gasteiger partial charge < -0.3 is 0 Å². The van der Waals surface area contributed by atoms with Gasteiger partial charge in [-0.15, -0.1) is 6.58 Å². The van der Waals surface area contributed by atoms with E-state index >= 15 is 0 Å². The van der Waals surface area contributed by atoms with Crippen molar-refractivity contribution >= 4 is 22.5 Å². The van der Waals surface area contributed by atoms with Gasteiger partial charge in [-0.05, 0) is 0 Å². The molecule has 0 unspecified atom stereocenters. The van der Waals surface area contributed by atoms with E-state index in [9.17, 15) is 0 Å². The van der Waals surface area contributed by atoms with E-state index in [0.29, 0.717) is 0 Å². The van der Waals surface area contributed by atoms with Gasteiger partial charge in [-0.25, -0.2) is 5.98 Å². The minimum atomic E-state index is -1.13. The summed E-state index contributed by atoms with van der Waals surface area (Å²) >= 11 is 0. The molecule has 0 nitrogen and oxygen atoms in total. The van der Waals surface area contributed by atoms with Gasteiger partial charge in [0.05, 0.1) is 6.15 Å². The molecule has 0 saturated heterocycles. The number of benzene rings is 3. The van der Waals surface area contributed by atoms with Crippen LogP contribution < -0.4 is 35.2 Å². The molecule has 22 heavy (non-hydrogen) atoms. The van der Waals surface area contributed by atoms with Crippen molar-refractivity contribution in [3.8, 4) is 0 Å². The molecular formula is C20H18BLi. The van der Waals surface area contributed by atoms with Gasteiger partial charge in [0.1, 0.15) is 0 Å². The Morgan fingerprint density at radius 2 is 0.818 bits per heavy atom. The first-order chi connectivity index (χ1) is 10.4. The Hall–Kier alpha value is -1.94. The zero-order valence-electron chi connectivity index (χ0n) is 13.0. The van der Waals surface area contributed by atoms with E-state index in [4.69, 9.17) is 0 Å². The summed E-state index contributed by atoms with van der Waals surface area (Å²) in [6.45, 7) is 4.19. The van der Waals surface area contributed by atoms with Crippen molar-refractivity contribution in [1.29, 1.82) is 0 Å². The molecule has 102 valence electrons. The largest absolute Gasteiger partial charge is 1.00 e. The summed E-state index contributed by atoms with van der Waals surface area (Å²) in [5.74, 6) is 2.11. The molecule has 2 heteroatoms. The van der Waals surface area contributed by atoms with Gasteiger partial charge in [-0.1, -0.05) is 91.0 Å². The minimum Gasteiger partial charge on any atom is -0.239 e. The van der Waals surface area contributed by atoms with Crippen LogP contribution in [0.15, 0.2) is 104 Å². The van der Waals surface area contributed by atoms with Gasteiger partial charge in [-0.3, -0.25) is 0 Å². The monoisotopic (exact) mass is 276 g/mol. The normalized spacial score (nSPS) is 10.5. The molecule has 0 aliphatic rings. The van der Waals surface area contributed by atoms with Crippen molar-refractivity contribution in [3.05, 3.63) is 104 Å². The van der Waals surface area contributed by atoms with Crippen molar-refractivity contribution in [2.24, 2.45) is 0 Å². The van der Waals surface area contributed by atoms with E-state index in [1.807, 2.05) is 0 Å². The molecule has 3 aromatic carbocycles. The first-order valence-corrected chi connectivity index (χ1v) is 7.34. The summed E-state index contributed by atoms with van der Waals surface area (Å²) in [6, 6.07) is 31.9. The van der Waals surface area contributed by atoms with Gasteiger partial charge in [0.25, 0.3) is 0 Å². The molecule has 0 amide bonds. The van der Waals surface area contributed by atoms with Crippen LogP contribution >= 0.6 is 0 Å². The van der Waals surface area contributed by atoms with Crippen LogP contribution in [0.25, 0.3) is 0 Å². The van der Waals surface area contributed by atoms with Crippen LogP contribution in [0.5, 0.6) is 0 Å². The van der Waals surface area contributed by atoms with Crippen molar-refractivity contribution in [2.45, 2.75) is 0 Å². The molecular weight excluding hydrogens is 258 g/mol. The second-order valence-electron chi connectivity index (χ2n) is 5.40. The third kappa shape index (κ3) is 2.84. The Morgan fingerprint density at radius 3 is 1.05 bits per heavy atom. The first kappa shape index (κ1) is 16.4. The maximum atomic E-state index is 4.19. The van der Waals surface area contributed by atoms with Crippen LogP contribution in [0.2, 0.25) is 0 Å². The molecule has 3 aromatic rings. The summed E-state index contributed by atoms with van der Waals surface area (Å²) in [6.07, 6.45) is -1.13. The van der Waals surface area contributed by atoms with E-state index in [-0.39, 0.29) is 18.9 Å². The Labute approximate surface area is 145 Å². The van der Waals surface area contributed by atoms with E-state index in [1.165, 1.54) is 16.4 Å². The second-order valence-corrected chi connectivity index (χ2v) is 5.40. The second kappa shape index (κ2) is 7.36. The molecule has 0 bridgehead atoms. The van der Waals surface area contributed by atoms with Crippen LogP contribution in [0.4, 0.5) is 0 Å². The van der Waals surface area contributed by atoms with Crippen LogP contribution in [0, 0.1) is 0 Å². The molecule has 0 N–H and O–H groups in total. The van der Waals surface area contributed by atoms with Crippen molar-refractivity contribution in [2.75, 3.05) is 0 Å². The fourth-order valence-electron chi connectivity index (χ4n) is 3.26.